The molecule has 1 saturated heterocycles. The van der Waals surface area contributed by atoms with Crippen molar-refractivity contribution in [3.05, 3.63) is 72.6 Å². The van der Waals surface area contributed by atoms with Gasteiger partial charge in [-0.3, -0.25) is 9.25 Å². The molecule has 0 radical (unpaired) electrons. The van der Waals surface area contributed by atoms with Crippen LogP contribution in [0.25, 0.3) is 16.7 Å². The second-order valence-electron chi connectivity index (χ2n) is 8.08. The summed E-state index contributed by atoms with van der Waals surface area (Å²) in [4.78, 5) is 4.77. The molecule has 2 aromatic carbocycles. The molecule has 8 heteroatoms. The first-order chi connectivity index (χ1) is 14.4. The van der Waals surface area contributed by atoms with E-state index in [1.54, 1.807) is 10.9 Å². The van der Waals surface area contributed by atoms with Crippen LogP contribution in [-0.4, -0.2) is 39.3 Å². The van der Waals surface area contributed by atoms with Crippen LogP contribution in [0.1, 0.15) is 18.9 Å². The number of fused-ring (bicyclic) bond motifs is 1. The number of aromatic nitrogens is 4. The molecule has 0 amide bonds. The van der Waals surface area contributed by atoms with Crippen LogP contribution >= 0.6 is 0 Å². The van der Waals surface area contributed by atoms with Crippen molar-refractivity contribution >= 4 is 26.8 Å². The smallest absolute Gasteiger partial charge is 0.208 e. The van der Waals surface area contributed by atoms with Gasteiger partial charge in [-0.25, -0.2) is 13.4 Å². The number of para-hydroxylation sites is 3. The molecular weight excluding hydrogens is 398 g/mol. The third kappa shape index (κ3) is 3.37. The lowest BCUT2D eigenvalue weighted by molar-refractivity contribution is 0.328. The van der Waals surface area contributed by atoms with Gasteiger partial charge >= 0.3 is 0 Å². The van der Waals surface area contributed by atoms with Crippen molar-refractivity contribution in [3.63, 3.8) is 0 Å². The minimum absolute atomic E-state index is 0.137. The number of imidazole rings is 1. The molecule has 0 spiro atoms. The third-order valence-electron chi connectivity index (χ3n) is 5.70. The lowest BCUT2D eigenvalue weighted by Crippen LogP contribution is -2.31. The van der Waals surface area contributed by atoms with Crippen LogP contribution in [0.2, 0.25) is 0 Å². The molecule has 1 aliphatic heterocycles. The molecule has 0 saturated carbocycles. The Kier molecular flexibility index (Phi) is 4.39. The van der Waals surface area contributed by atoms with Crippen LogP contribution in [0.15, 0.2) is 67.0 Å². The normalized spacial score (nSPS) is 20.6. The summed E-state index contributed by atoms with van der Waals surface area (Å²) in [6.45, 7) is 2.50. The molecule has 0 bridgehead atoms. The van der Waals surface area contributed by atoms with Crippen molar-refractivity contribution in [1.29, 1.82) is 0 Å². The van der Waals surface area contributed by atoms with E-state index < -0.39 is 15.4 Å². The number of hydrogen-bond donors (Lipinski definition) is 1. The van der Waals surface area contributed by atoms with E-state index >= 15 is 0 Å². The van der Waals surface area contributed by atoms with Crippen LogP contribution in [-0.2, 0) is 21.9 Å². The second kappa shape index (κ2) is 6.98. The van der Waals surface area contributed by atoms with Crippen LogP contribution < -0.4 is 5.32 Å². The van der Waals surface area contributed by atoms with Crippen molar-refractivity contribution in [3.8, 4) is 5.69 Å². The quantitative estimate of drug-likeness (QED) is 0.534. The van der Waals surface area contributed by atoms with Gasteiger partial charge in [0.25, 0.3) is 0 Å². The first-order valence-electron chi connectivity index (χ1n) is 9.95. The highest BCUT2D eigenvalue weighted by atomic mass is 32.2. The largest absolute Gasteiger partial charge is 0.351 e. The van der Waals surface area contributed by atoms with Gasteiger partial charge in [0.05, 0.1) is 34.3 Å². The monoisotopic (exact) mass is 421 g/mol. The predicted octanol–water partition coefficient (Wildman–Crippen LogP) is 3.37. The molecular formula is C22H23N5O2S. The summed E-state index contributed by atoms with van der Waals surface area (Å²) in [6.07, 6.45) is 4.32. The van der Waals surface area contributed by atoms with Gasteiger partial charge in [-0.1, -0.05) is 30.3 Å². The average molecular weight is 422 g/mol. The highest BCUT2D eigenvalue weighted by Crippen LogP contribution is 2.30. The minimum atomic E-state index is -2.99. The summed E-state index contributed by atoms with van der Waals surface area (Å²) in [5.74, 6) is 1.11. The van der Waals surface area contributed by atoms with E-state index in [4.69, 9.17) is 4.98 Å². The molecule has 0 aliphatic carbocycles. The zero-order valence-corrected chi connectivity index (χ0v) is 17.5. The average Bonchev–Trinajstić information content (AvgIpc) is 3.43. The van der Waals surface area contributed by atoms with Gasteiger partial charge in [-0.15, -0.1) is 0 Å². The van der Waals surface area contributed by atoms with Gasteiger partial charge in [0.1, 0.15) is 0 Å². The van der Waals surface area contributed by atoms with E-state index in [9.17, 15) is 8.42 Å². The van der Waals surface area contributed by atoms with E-state index in [-0.39, 0.29) is 11.5 Å². The molecule has 154 valence electrons. The molecule has 0 unspecified atom stereocenters. The zero-order chi connectivity index (χ0) is 20.8. The van der Waals surface area contributed by atoms with Gasteiger partial charge < -0.3 is 5.32 Å². The SMILES string of the molecule is C[C@@]1(n2cc(CNc3nc4ccccc4n3-c3ccccc3)cn2)CCS(=O)(=O)C1. The highest BCUT2D eigenvalue weighted by molar-refractivity contribution is 7.91. The predicted molar refractivity (Wildman–Crippen MR) is 118 cm³/mol. The maximum Gasteiger partial charge on any atom is 0.208 e. The van der Waals surface area contributed by atoms with Gasteiger partial charge in [0.15, 0.2) is 9.84 Å². The Morgan fingerprint density at radius 2 is 1.87 bits per heavy atom. The topological polar surface area (TPSA) is 81.8 Å². The Balaban J connectivity index is 1.42. The van der Waals surface area contributed by atoms with Crippen molar-refractivity contribution in [2.24, 2.45) is 0 Å². The number of hydrogen-bond acceptors (Lipinski definition) is 5. The Hall–Kier alpha value is -3.13. The summed E-state index contributed by atoms with van der Waals surface area (Å²) in [5, 5.41) is 7.89. The number of sulfone groups is 1. The number of benzene rings is 2. The molecule has 1 fully saturated rings. The van der Waals surface area contributed by atoms with Crippen LogP contribution in [0.3, 0.4) is 0 Å². The van der Waals surface area contributed by atoms with Crippen LogP contribution in [0.4, 0.5) is 5.95 Å². The molecule has 7 nitrogen and oxygen atoms in total. The second-order valence-corrected chi connectivity index (χ2v) is 10.3. The summed E-state index contributed by atoms with van der Waals surface area (Å²) in [7, 11) is -2.99. The van der Waals surface area contributed by atoms with Gasteiger partial charge in [-0.2, -0.15) is 5.10 Å². The first-order valence-corrected chi connectivity index (χ1v) is 11.8. The summed E-state index contributed by atoms with van der Waals surface area (Å²) < 4.78 is 27.8. The fourth-order valence-electron chi connectivity index (χ4n) is 4.08. The first kappa shape index (κ1) is 18.9. The van der Waals surface area contributed by atoms with Gasteiger partial charge in [-0.05, 0) is 37.6 Å². The number of nitrogens with zero attached hydrogens (tertiary/aromatic N) is 4. The lowest BCUT2D eigenvalue weighted by atomic mass is 10.0. The van der Waals surface area contributed by atoms with Crippen molar-refractivity contribution in [2.75, 3.05) is 16.8 Å². The van der Waals surface area contributed by atoms with E-state index in [0.29, 0.717) is 13.0 Å². The standard InChI is InChI=1S/C22H23N5O2S/c1-22(11-12-30(28,29)16-22)26-15-17(14-24-26)13-23-21-25-19-9-5-6-10-20(19)27(21)18-7-3-2-4-8-18/h2-10,14-15H,11-13,16H2,1H3,(H,23,25)/t22-/m1/s1. The number of anilines is 1. The summed E-state index contributed by atoms with van der Waals surface area (Å²) >= 11 is 0. The Morgan fingerprint density at radius 3 is 2.63 bits per heavy atom. The van der Waals surface area contributed by atoms with E-state index in [2.05, 4.69) is 33.2 Å². The highest BCUT2D eigenvalue weighted by Gasteiger charge is 2.40. The van der Waals surface area contributed by atoms with E-state index in [1.165, 1.54) is 0 Å². The van der Waals surface area contributed by atoms with Gasteiger partial charge in [0, 0.05) is 24.0 Å². The Morgan fingerprint density at radius 1 is 1.10 bits per heavy atom. The minimum Gasteiger partial charge on any atom is -0.351 e. The molecule has 1 N–H and O–H groups in total. The fraction of sp³-hybridized carbons (Fsp3) is 0.273. The summed E-state index contributed by atoms with van der Waals surface area (Å²) in [5.41, 5.74) is 3.49. The molecule has 4 aromatic rings. The van der Waals surface area contributed by atoms with Crippen molar-refractivity contribution in [2.45, 2.75) is 25.4 Å². The summed E-state index contributed by atoms with van der Waals surface area (Å²) in [6, 6.07) is 18.2. The number of rotatable bonds is 5. The maximum absolute atomic E-state index is 11.9. The number of nitrogens with one attached hydrogen (secondary N) is 1. The molecule has 1 atom stereocenters. The lowest BCUT2D eigenvalue weighted by Gasteiger charge is -2.22. The van der Waals surface area contributed by atoms with E-state index in [1.807, 2.05) is 49.5 Å². The van der Waals surface area contributed by atoms with Crippen LogP contribution in [0.5, 0.6) is 0 Å². The van der Waals surface area contributed by atoms with Crippen molar-refractivity contribution in [1.82, 2.24) is 19.3 Å². The Bertz CT molecular complexity index is 1310. The fourth-order valence-corrected chi connectivity index (χ4v) is 6.20. The maximum atomic E-state index is 11.9. The third-order valence-corrected chi connectivity index (χ3v) is 7.59. The molecule has 1 aliphatic rings. The molecule has 3 heterocycles. The van der Waals surface area contributed by atoms with Crippen LogP contribution in [0, 0.1) is 0 Å². The zero-order valence-electron chi connectivity index (χ0n) is 16.7. The molecule has 2 aromatic heterocycles. The van der Waals surface area contributed by atoms with Crippen molar-refractivity contribution < 1.29 is 8.42 Å². The van der Waals surface area contributed by atoms with Gasteiger partial charge in [0.2, 0.25) is 5.95 Å². The van der Waals surface area contributed by atoms with E-state index in [0.717, 1.165) is 28.2 Å². The molecule has 5 rings (SSSR count). The Labute approximate surface area is 175 Å². The molecule has 30 heavy (non-hydrogen) atoms.